The van der Waals surface area contributed by atoms with Gasteiger partial charge in [-0.25, -0.2) is 4.79 Å². The lowest BCUT2D eigenvalue weighted by molar-refractivity contribution is 0.188. The summed E-state index contributed by atoms with van der Waals surface area (Å²) in [6.07, 6.45) is 1.83. The van der Waals surface area contributed by atoms with Gasteiger partial charge in [-0.15, -0.1) is 0 Å². The quantitative estimate of drug-likeness (QED) is 0.852. The summed E-state index contributed by atoms with van der Waals surface area (Å²) in [4.78, 5) is 12.0. The molecule has 1 aliphatic heterocycles. The Morgan fingerprint density at radius 3 is 2.89 bits per heavy atom. The predicted octanol–water partition coefficient (Wildman–Crippen LogP) is 1.80. The first-order valence-electron chi connectivity index (χ1n) is 6.96. The summed E-state index contributed by atoms with van der Waals surface area (Å²) in [5, 5.41) is 6.07. The van der Waals surface area contributed by atoms with Crippen LogP contribution in [-0.2, 0) is 11.2 Å². The van der Waals surface area contributed by atoms with E-state index in [9.17, 15) is 4.79 Å². The number of carbonyl (C=O) groups excluding carboxylic acids is 1. The Bertz CT molecular complexity index is 469. The van der Waals surface area contributed by atoms with Crippen LogP contribution in [0.2, 0.25) is 0 Å². The largest absolute Gasteiger partial charge is 0.379 e. The van der Waals surface area contributed by atoms with Crippen molar-refractivity contribution in [1.29, 1.82) is 0 Å². The lowest BCUT2D eigenvalue weighted by atomic mass is 10.0. The Morgan fingerprint density at radius 2 is 2.16 bits per heavy atom. The number of urea groups is 1. The third-order valence-electron chi connectivity index (χ3n) is 4.17. The minimum atomic E-state index is -0.0693. The molecule has 4 nitrogen and oxygen atoms in total. The van der Waals surface area contributed by atoms with E-state index >= 15 is 0 Å². The Kier molecular flexibility index (Phi) is 3.42. The smallest absolute Gasteiger partial charge is 0.315 e. The van der Waals surface area contributed by atoms with Crippen LogP contribution < -0.4 is 10.6 Å². The van der Waals surface area contributed by atoms with Gasteiger partial charge in [0, 0.05) is 18.6 Å². The van der Waals surface area contributed by atoms with Gasteiger partial charge in [0.25, 0.3) is 0 Å². The number of nitrogens with one attached hydrogen (secondary N) is 2. The first kappa shape index (κ1) is 12.5. The van der Waals surface area contributed by atoms with Crippen LogP contribution in [0.15, 0.2) is 24.3 Å². The third kappa shape index (κ3) is 2.59. The van der Waals surface area contributed by atoms with E-state index in [-0.39, 0.29) is 18.1 Å². The van der Waals surface area contributed by atoms with E-state index in [2.05, 4.69) is 41.8 Å². The molecule has 0 spiro atoms. The molecule has 19 heavy (non-hydrogen) atoms. The molecular formula is C15H20N2O2. The molecule has 1 aromatic rings. The molecule has 1 aliphatic carbocycles. The predicted molar refractivity (Wildman–Crippen MR) is 73.2 cm³/mol. The van der Waals surface area contributed by atoms with Gasteiger partial charge < -0.3 is 15.4 Å². The van der Waals surface area contributed by atoms with Crippen molar-refractivity contribution in [3.05, 3.63) is 35.4 Å². The zero-order chi connectivity index (χ0) is 13.2. The van der Waals surface area contributed by atoms with E-state index in [1.54, 1.807) is 0 Å². The molecule has 1 saturated heterocycles. The van der Waals surface area contributed by atoms with Gasteiger partial charge in [-0.05, 0) is 24.0 Å². The van der Waals surface area contributed by atoms with Crippen molar-refractivity contribution in [3.8, 4) is 0 Å². The van der Waals surface area contributed by atoms with E-state index in [1.165, 1.54) is 11.1 Å². The van der Waals surface area contributed by atoms with E-state index in [1.807, 2.05) is 0 Å². The maximum atomic E-state index is 12.0. The summed E-state index contributed by atoms with van der Waals surface area (Å²) < 4.78 is 5.26. The summed E-state index contributed by atoms with van der Waals surface area (Å²) >= 11 is 0. The fraction of sp³-hybridized carbons (Fsp3) is 0.533. The van der Waals surface area contributed by atoms with E-state index in [0.29, 0.717) is 12.5 Å². The maximum Gasteiger partial charge on any atom is 0.315 e. The second kappa shape index (κ2) is 5.21. The minimum Gasteiger partial charge on any atom is -0.379 e. The van der Waals surface area contributed by atoms with Crippen LogP contribution >= 0.6 is 0 Å². The molecule has 1 heterocycles. The Balaban J connectivity index is 1.58. The molecule has 102 valence electrons. The highest BCUT2D eigenvalue weighted by Crippen LogP contribution is 2.32. The molecule has 1 aromatic carbocycles. The lowest BCUT2D eigenvalue weighted by Gasteiger charge is -2.20. The SMILES string of the molecule is C[C@H]1c2ccccc2C[C@H]1NC(=O)N[C@@H]1CCOC1. The van der Waals surface area contributed by atoms with Crippen LogP contribution in [0.4, 0.5) is 4.79 Å². The minimum absolute atomic E-state index is 0.0693. The highest BCUT2D eigenvalue weighted by atomic mass is 16.5. The average Bonchev–Trinajstić information content (AvgIpc) is 3.00. The number of fused-ring (bicyclic) bond motifs is 1. The molecule has 0 bridgehead atoms. The lowest BCUT2D eigenvalue weighted by Crippen LogP contribution is -2.47. The fourth-order valence-corrected chi connectivity index (χ4v) is 3.01. The van der Waals surface area contributed by atoms with Gasteiger partial charge in [-0.3, -0.25) is 0 Å². The molecule has 2 aliphatic rings. The van der Waals surface area contributed by atoms with Crippen molar-refractivity contribution in [2.45, 2.75) is 37.8 Å². The van der Waals surface area contributed by atoms with Crippen molar-refractivity contribution >= 4 is 6.03 Å². The first-order valence-corrected chi connectivity index (χ1v) is 6.96. The van der Waals surface area contributed by atoms with Crippen LogP contribution in [0.1, 0.15) is 30.4 Å². The molecule has 3 atom stereocenters. The molecule has 0 radical (unpaired) electrons. The van der Waals surface area contributed by atoms with Gasteiger partial charge in [0.2, 0.25) is 0 Å². The van der Waals surface area contributed by atoms with Crippen molar-refractivity contribution in [1.82, 2.24) is 10.6 Å². The number of amides is 2. The highest BCUT2D eigenvalue weighted by molar-refractivity contribution is 5.75. The van der Waals surface area contributed by atoms with Crippen molar-refractivity contribution in [2.24, 2.45) is 0 Å². The summed E-state index contributed by atoms with van der Waals surface area (Å²) in [6.45, 7) is 3.56. The second-order valence-electron chi connectivity index (χ2n) is 5.48. The van der Waals surface area contributed by atoms with Gasteiger partial charge in [0.15, 0.2) is 0 Å². The number of hydrogen-bond donors (Lipinski definition) is 2. The molecule has 2 amide bonds. The normalized spacial score (nSPS) is 29.0. The van der Waals surface area contributed by atoms with Gasteiger partial charge in [-0.1, -0.05) is 31.2 Å². The van der Waals surface area contributed by atoms with Crippen LogP contribution in [-0.4, -0.2) is 31.3 Å². The zero-order valence-electron chi connectivity index (χ0n) is 11.2. The second-order valence-corrected chi connectivity index (χ2v) is 5.48. The van der Waals surface area contributed by atoms with Gasteiger partial charge >= 0.3 is 6.03 Å². The van der Waals surface area contributed by atoms with Crippen LogP contribution in [0.5, 0.6) is 0 Å². The topological polar surface area (TPSA) is 50.4 Å². The Hall–Kier alpha value is -1.55. The van der Waals surface area contributed by atoms with E-state index in [0.717, 1.165) is 19.4 Å². The van der Waals surface area contributed by atoms with E-state index < -0.39 is 0 Å². The third-order valence-corrected chi connectivity index (χ3v) is 4.17. The molecule has 0 aromatic heterocycles. The number of rotatable bonds is 2. The number of benzene rings is 1. The van der Waals surface area contributed by atoms with Crippen LogP contribution in [0.25, 0.3) is 0 Å². The Morgan fingerprint density at radius 1 is 1.32 bits per heavy atom. The maximum absolute atomic E-state index is 12.0. The summed E-state index contributed by atoms with van der Waals surface area (Å²) in [5.41, 5.74) is 2.71. The molecule has 1 fully saturated rings. The van der Waals surface area contributed by atoms with Crippen molar-refractivity contribution < 1.29 is 9.53 Å². The summed E-state index contributed by atoms with van der Waals surface area (Å²) in [7, 11) is 0. The van der Waals surface area contributed by atoms with Crippen LogP contribution in [0.3, 0.4) is 0 Å². The van der Waals surface area contributed by atoms with Gasteiger partial charge in [0.1, 0.15) is 0 Å². The number of hydrogen-bond acceptors (Lipinski definition) is 2. The fourth-order valence-electron chi connectivity index (χ4n) is 3.01. The highest BCUT2D eigenvalue weighted by Gasteiger charge is 2.30. The number of carbonyl (C=O) groups is 1. The van der Waals surface area contributed by atoms with Gasteiger partial charge in [0.05, 0.1) is 12.6 Å². The van der Waals surface area contributed by atoms with Gasteiger partial charge in [-0.2, -0.15) is 0 Å². The standard InChI is InChI=1S/C15H20N2O2/c1-10-13-5-3-2-4-11(13)8-14(10)17-15(18)16-12-6-7-19-9-12/h2-5,10,12,14H,6-9H2,1H3,(H2,16,17,18)/t10-,12+,14+/m0/s1. The zero-order valence-corrected chi connectivity index (χ0v) is 11.2. The summed E-state index contributed by atoms with van der Waals surface area (Å²) in [6, 6.07) is 8.72. The molecule has 3 rings (SSSR count). The molecule has 0 saturated carbocycles. The Labute approximate surface area is 113 Å². The average molecular weight is 260 g/mol. The molecule has 4 heteroatoms. The van der Waals surface area contributed by atoms with E-state index in [4.69, 9.17) is 4.74 Å². The molecule has 0 unspecified atom stereocenters. The van der Waals surface area contributed by atoms with Crippen molar-refractivity contribution in [3.63, 3.8) is 0 Å². The first-order chi connectivity index (χ1) is 9.24. The summed E-state index contributed by atoms with van der Waals surface area (Å²) in [5.74, 6) is 0.377. The monoisotopic (exact) mass is 260 g/mol. The number of ether oxygens (including phenoxy) is 1. The van der Waals surface area contributed by atoms with Crippen LogP contribution in [0, 0.1) is 0 Å². The molecular weight excluding hydrogens is 240 g/mol. The van der Waals surface area contributed by atoms with Crippen molar-refractivity contribution in [2.75, 3.05) is 13.2 Å². The molecule has 2 N–H and O–H groups in total.